The largest absolute Gasteiger partial charge is 0.316 e. The van der Waals surface area contributed by atoms with Crippen LogP contribution >= 0.6 is 11.6 Å². The van der Waals surface area contributed by atoms with Crippen LogP contribution in [0.2, 0.25) is 5.02 Å². The van der Waals surface area contributed by atoms with Gasteiger partial charge in [-0.1, -0.05) is 50.4 Å². The fourth-order valence-corrected chi connectivity index (χ4v) is 2.94. The SMILES string of the molecule is CCCC(CCC)C(Cc1cccc(F)c1Cl)NC. The Morgan fingerprint density at radius 1 is 1.21 bits per heavy atom. The summed E-state index contributed by atoms with van der Waals surface area (Å²) in [4.78, 5) is 0. The molecule has 0 radical (unpaired) electrons. The molecule has 0 bridgehead atoms. The summed E-state index contributed by atoms with van der Waals surface area (Å²) >= 11 is 6.05. The molecule has 3 heteroatoms. The van der Waals surface area contributed by atoms with Gasteiger partial charge in [-0.15, -0.1) is 0 Å². The summed E-state index contributed by atoms with van der Waals surface area (Å²) in [5, 5.41) is 3.66. The minimum Gasteiger partial charge on any atom is -0.316 e. The van der Waals surface area contributed by atoms with Gasteiger partial charge in [0, 0.05) is 6.04 Å². The molecule has 0 saturated carbocycles. The third-order valence-corrected chi connectivity index (χ3v) is 4.15. The predicted molar refractivity (Wildman–Crippen MR) is 81.3 cm³/mol. The molecule has 0 aliphatic heterocycles. The van der Waals surface area contributed by atoms with Crippen molar-refractivity contribution in [2.45, 2.75) is 52.0 Å². The first-order valence-electron chi connectivity index (χ1n) is 7.24. The first-order valence-corrected chi connectivity index (χ1v) is 7.61. The van der Waals surface area contributed by atoms with E-state index in [1.165, 1.54) is 31.7 Å². The van der Waals surface area contributed by atoms with Crippen molar-refractivity contribution < 1.29 is 4.39 Å². The van der Waals surface area contributed by atoms with E-state index < -0.39 is 0 Å². The number of halogens is 2. The van der Waals surface area contributed by atoms with E-state index in [2.05, 4.69) is 19.2 Å². The van der Waals surface area contributed by atoms with Crippen molar-refractivity contribution in [3.8, 4) is 0 Å². The van der Waals surface area contributed by atoms with Crippen molar-refractivity contribution in [1.29, 1.82) is 0 Å². The van der Waals surface area contributed by atoms with Gasteiger partial charge in [-0.05, 0) is 43.9 Å². The first kappa shape index (κ1) is 16.5. The molecule has 0 heterocycles. The van der Waals surface area contributed by atoms with Gasteiger partial charge in [0.25, 0.3) is 0 Å². The molecule has 1 nitrogen and oxygen atoms in total. The van der Waals surface area contributed by atoms with Crippen molar-refractivity contribution >= 4 is 11.6 Å². The van der Waals surface area contributed by atoms with Crippen molar-refractivity contribution in [3.05, 3.63) is 34.6 Å². The second kappa shape index (κ2) is 8.55. The molecule has 1 aromatic carbocycles. The van der Waals surface area contributed by atoms with Crippen LogP contribution in [0.25, 0.3) is 0 Å². The average molecular weight is 286 g/mol. The van der Waals surface area contributed by atoms with Gasteiger partial charge in [-0.25, -0.2) is 4.39 Å². The Balaban J connectivity index is 2.82. The summed E-state index contributed by atoms with van der Waals surface area (Å²) in [7, 11) is 1.98. The van der Waals surface area contributed by atoms with Crippen molar-refractivity contribution in [1.82, 2.24) is 5.32 Å². The maximum atomic E-state index is 13.5. The highest BCUT2D eigenvalue weighted by Gasteiger charge is 2.20. The van der Waals surface area contributed by atoms with Crippen molar-refractivity contribution in [2.75, 3.05) is 7.05 Å². The molecule has 0 aliphatic rings. The Bertz CT molecular complexity index is 375. The molecule has 1 N–H and O–H groups in total. The third kappa shape index (κ3) is 4.77. The number of rotatable bonds is 8. The molecule has 1 rings (SSSR count). The molecule has 0 aliphatic carbocycles. The predicted octanol–water partition coefficient (Wildman–Crippen LogP) is 4.83. The zero-order valence-corrected chi connectivity index (χ0v) is 12.9. The fourth-order valence-electron chi connectivity index (χ4n) is 2.74. The Kier molecular flexibility index (Phi) is 7.40. The van der Waals surface area contributed by atoms with E-state index in [1.54, 1.807) is 6.07 Å². The number of hydrogen-bond donors (Lipinski definition) is 1. The van der Waals surface area contributed by atoms with Crippen molar-refractivity contribution in [2.24, 2.45) is 5.92 Å². The van der Waals surface area contributed by atoms with E-state index in [0.29, 0.717) is 12.0 Å². The molecular formula is C16H25ClFN. The molecule has 0 spiro atoms. The van der Waals surface area contributed by atoms with Gasteiger partial charge in [-0.2, -0.15) is 0 Å². The molecule has 0 saturated heterocycles. The summed E-state index contributed by atoms with van der Waals surface area (Å²) in [6.45, 7) is 4.43. The molecule has 1 unspecified atom stereocenters. The minimum absolute atomic E-state index is 0.273. The van der Waals surface area contributed by atoms with Gasteiger partial charge in [0.15, 0.2) is 0 Å². The van der Waals surface area contributed by atoms with Crippen molar-refractivity contribution in [3.63, 3.8) is 0 Å². The molecule has 108 valence electrons. The van der Waals surface area contributed by atoms with E-state index in [0.717, 1.165) is 12.0 Å². The molecule has 1 aromatic rings. The van der Waals surface area contributed by atoms with Gasteiger partial charge in [0.05, 0.1) is 5.02 Å². The quantitative estimate of drug-likeness (QED) is 0.722. The number of benzene rings is 1. The normalized spacial score (nSPS) is 12.9. The van der Waals surface area contributed by atoms with Crippen LogP contribution in [0, 0.1) is 11.7 Å². The highest BCUT2D eigenvalue weighted by molar-refractivity contribution is 6.31. The van der Waals surface area contributed by atoms with Crippen LogP contribution in [-0.2, 0) is 6.42 Å². The Morgan fingerprint density at radius 2 is 1.84 bits per heavy atom. The summed E-state index contributed by atoms with van der Waals surface area (Å²) < 4.78 is 13.5. The summed E-state index contributed by atoms with van der Waals surface area (Å²) in [6, 6.07) is 5.43. The van der Waals surface area contributed by atoms with Gasteiger partial charge in [0.2, 0.25) is 0 Å². The van der Waals surface area contributed by atoms with Crippen LogP contribution in [0.3, 0.4) is 0 Å². The van der Waals surface area contributed by atoms with Crippen LogP contribution in [0.1, 0.15) is 45.1 Å². The number of likely N-dealkylation sites (N-methyl/N-ethyl adjacent to an activating group) is 1. The third-order valence-electron chi connectivity index (χ3n) is 3.73. The van der Waals surface area contributed by atoms with Gasteiger partial charge >= 0.3 is 0 Å². The Labute approximate surface area is 121 Å². The zero-order chi connectivity index (χ0) is 14.3. The zero-order valence-electron chi connectivity index (χ0n) is 12.2. The number of nitrogens with one attached hydrogen (secondary N) is 1. The van der Waals surface area contributed by atoms with E-state index in [9.17, 15) is 4.39 Å². The highest BCUT2D eigenvalue weighted by atomic mass is 35.5. The Hall–Kier alpha value is -0.600. The monoisotopic (exact) mass is 285 g/mol. The van der Waals surface area contributed by atoms with E-state index >= 15 is 0 Å². The minimum atomic E-state index is -0.323. The standard InChI is InChI=1S/C16H25ClFN/c1-4-7-12(8-5-2)15(19-3)11-13-9-6-10-14(18)16(13)17/h6,9-10,12,15,19H,4-5,7-8,11H2,1-3H3. The molecule has 0 fully saturated rings. The van der Waals surface area contributed by atoms with E-state index in [1.807, 2.05) is 13.1 Å². The Morgan fingerprint density at radius 3 is 2.37 bits per heavy atom. The van der Waals surface area contributed by atoms with Crippen LogP contribution in [0.4, 0.5) is 4.39 Å². The maximum absolute atomic E-state index is 13.5. The van der Waals surface area contributed by atoms with Crippen LogP contribution in [-0.4, -0.2) is 13.1 Å². The lowest BCUT2D eigenvalue weighted by Crippen LogP contribution is -2.35. The second-order valence-corrected chi connectivity index (χ2v) is 5.53. The van der Waals surface area contributed by atoms with Gasteiger partial charge < -0.3 is 5.32 Å². The molecule has 1 atom stereocenters. The van der Waals surface area contributed by atoms with Crippen LogP contribution < -0.4 is 5.32 Å². The lowest BCUT2D eigenvalue weighted by Gasteiger charge is -2.27. The molecular weight excluding hydrogens is 261 g/mol. The lowest BCUT2D eigenvalue weighted by atomic mass is 9.87. The van der Waals surface area contributed by atoms with E-state index in [-0.39, 0.29) is 10.8 Å². The second-order valence-electron chi connectivity index (χ2n) is 5.15. The summed E-state index contributed by atoms with van der Waals surface area (Å²) in [5.74, 6) is 0.302. The average Bonchev–Trinajstić information content (AvgIpc) is 2.40. The fraction of sp³-hybridized carbons (Fsp3) is 0.625. The number of hydrogen-bond acceptors (Lipinski definition) is 1. The lowest BCUT2D eigenvalue weighted by molar-refractivity contribution is 0.322. The van der Waals surface area contributed by atoms with E-state index in [4.69, 9.17) is 11.6 Å². The topological polar surface area (TPSA) is 12.0 Å². The van der Waals surface area contributed by atoms with Gasteiger partial charge in [0.1, 0.15) is 5.82 Å². The molecule has 19 heavy (non-hydrogen) atoms. The highest BCUT2D eigenvalue weighted by Crippen LogP contribution is 2.25. The molecule has 0 amide bonds. The van der Waals surface area contributed by atoms with Crippen LogP contribution in [0.5, 0.6) is 0 Å². The summed E-state index contributed by atoms with van der Waals surface area (Å²) in [6.07, 6.45) is 5.55. The first-order chi connectivity index (χ1) is 9.13. The smallest absolute Gasteiger partial charge is 0.142 e. The maximum Gasteiger partial charge on any atom is 0.142 e. The molecule has 0 aromatic heterocycles. The van der Waals surface area contributed by atoms with Crippen LogP contribution in [0.15, 0.2) is 18.2 Å². The van der Waals surface area contributed by atoms with Gasteiger partial charge in [-0.3, -0.25) is 0 Å². The summed E-state index contributed by atoms with van der Waals surface area (Å²) in [5.41, 5.74) is 0.901.